The molecule has 11 heavy (non-hydrogen) atoms. The van der Waals surface area contributed by atoms with E-state index in [2.05, 4.69) is 4.74 Å². The summed E-state index contributed by atoms with van der Waals surface area (Å²) in [4.78, 5) is 10.3. The molecule has 6 heteroatoms. The monoisotopic (exact) mass is 219 g/mol. The Morgan fingerprint density at radius 1 is 1.36 bits per heavy atom. The first-order chi connectivity index (χ1) is 4.67. The Morgan fingerprint density at radius 3 is 1.82 bits per heavy atom. The van der Waals surface area contributed by atoms with Gasteiger partial charge in [-0.3, -0.25) is 0 Å². The highest BCUT2D eigenvalue weighted by molar-refractivity contribution is 6.52. The van der Waals surface area contributed by atoms with Crippen LogP contribution < -0.4 is 5.73 Å². The van der Waals surface area contributed by atoms with Crippen molar-refractivity contribution < 1.29 is 9.53 Å². The van der Waals surface area contributed by atoms with E-state index < -0.39 is 15.5 Å². The molecule has 0 radical (unpaired) electrons. The Morgan fingerprint density at radius 2 is 1.73 bits per heavy atom. The molecule has 1 atom stereocenters. The summed E-state index contributed by atoms with van der Waals surface area (Å²) in [5, 5.41) is -1.51. The Bertz CT molecular complexity index is 164. The largest absolute Gasteiger partial charge is 0.424 e. The van der Waals surface area contributed by atoms with Crippen LogP contribution in [0.1, 0.15) is 13.8 Å². The Balaban J connectivity index is 4.34. The Hall–Kier alpha value is 0.140. The lowest BCUT2D eigenvalue weighted by Crippen LogP contribution is -2.41. The van der Waals surface area contributed by atoms with E-state index >= 15 is 0 Å². The van der Waals surface area contributed by atoms with Gasteiger partial charge in [0.1, 0.15) is 0 Å². The van der Waals surface area contributed by atoms with E-state index in [4.69, 9.17) is 40.5 Å². The van der Waals surface area contributed by atoms with Gasteiger partial charge >= 0.3 is 6.09 Å². The smallest absolute Gasteiger partial charge is 0.406 e. The molecule has 0 aromatic heterocycles. The Kier molecular flexibility index (Phi) is 3.29. The van der Waals surface area contributed by atoms with Crippen LogP contribution in [0.3, 0.4) is 0 Å². The second kappa shape index (κ2) is 3.25. The highest BCUT2D eigenvalue weighted by Crippen LogP contribution is 2.39. The lowest BCUT2D eigenvalue weighted by molar-refractivity contribution is 0.0828. The predicted octanol–water partition coefficient (Wildman–Crippen LogP) is 2.23. The van der Waals surface area contributed by atoms with Gasteiger partial charge in [0.25, 0.3) is 0 Å². The Labute approximate surface area is 79.7 Å². The topological polar surface area (TPSA) is 52.3 Å². The summed E-state index contributed by atoms with van der Waals surface area (Å²) in [7, 11) is 0. The van der Waals surface area contributed by atoms with Gasteiger partial charge in [-0.15, -0.1) is 0 Å². The van der Waals surface area contributed by atoms with E-state index in [1.807, 2.05) is 0 Å². The fourth-order valence-electron chi connectivity index (χ4n) is 0.279. The molecule has 0 saturated heterocycles. The van der Waals surface area contributed by atoms with Gasteiger partial charge in [0.15, 0.2) is 4.33 Å². The van der Waals surface area contributed by atoms with Gasteiger partial charge in [0.05, 0.1) is 0 Å². The van der Waals surface area contributed by atoms with Crippen molar-refractivity contribution in [2.45, 2.75) is 23.2 Å². The van der Waals surface area contributed by atoms with Crippen molar-refractivity contribution in [3.8, 4) is 0 Å². The molecule has 1 unspecified atom stereocenters. The van der Waals surface area contributed by atoms with Crippen LogP contribution in [0.5, 0.6) is 0 Å². The van der Waals surface area contributed by atoms with Crippen LogP contribution in [0.15, 0.2) is 0 Å². The second-order valence-corrected chi connectivity index (χ2v) is 4.65. The average Bonchev–Trinajstić information content (AvgIpc) is 1.56. The first kappa shape index (κ1) is 11.1. The summed E-state index contributed by atoms with van der Waals surface area (Å²) in [6, 6.07) is 0. The third-order valence-electron chi connectivity index (χ3n) is 1.08. The summed E-state index contributed by atoms with van der Waals surface area (Å²) in [6.45, 7) is 2.74. The normalized spacial score (nSPS) is 17.2. The van der Waals surface area contributed by atoms with Gasteiger partial charge in [0.2, 0.25) is 5.06 Å². The van der Waals surface area contributed by atoms with Crippen molar-refractivity contribution in [2.24, 2.45) is 5.73 Å². The molecule has 0 fully saturated rings. The van der Waals surface area contributed by atoms with E-state index in [0.29, 0.717) is 0 Å². The van der Waals surface area contributed by atoms with E-state index in [9.17, 15) is 4.79 Å². The second-order valence-electron chi connectivity index (χ2n) is 2.23. The molecule has 0 aliphatic rings. The third kappa shape index (κ3) is 3.36. The molecule has 0 aliphatic carbocycles. The molecule has 66 valence electrons. The fraction of sp³-hybridized carbons (Fsp3) is 0.800. The molecular formula is C5H8Cl3NO2. The highest BCUT2D eigenvalue weighted by Gasteiger charge is 2.43. The molecule has 3 nitrogen and oxygen atoms in total. The summed E-state index contributed by atoms with van der Waals surface area (Å²) >= 11 is 16.8. The minimum absolute atomic E-state index is 1.02. The van der Waals surface area contributed by atoms with Gasteiger partial charge in [-0.25, -0.2) is 4.79 Å². The summed E-state index contributed by atoms with van der Waals surface area (Å²) in [5.74, 6) is 0. The van der Waals surface area contributed by atoms with Crippen LogP contribution in [0.2, 0.25) is 0 Å². The number of carbonyl (C=O) groups is 1. The molecule has 0 spiro atoms. The first-order valence-electron chi connectivity index (χ1n) is 2.72. The standard InChI is InChI=1S/C5H8Cl3NO2/c1-4(6,7)5(2,8)11-3(9)10/h1-2H3,(H2,9,10). The maximum atomic E-state index is 10.3. The number of hydrogen-bond donors (Lipinski definition) is 1. The molecule has 2 N–H and O–H groups in total. The molecular weight excluding hydrogens is 212 g/mol. The van der Waals surface area contributed by atoms with E-state index in [1.54, 1.807) is 0 Å². The molecule has 1 amide bonds. The van der Waals surface area contributed by atoms with Crippen LogP contribution in [0.4, 0.5) is 4.79 Å². The zero-order valence-electron chi connectivity index (χ0n) is 6.03. The van der Waals surface area contributed by atoms with Crippen LogP contribution in [0, 0.1) is 0 Å². The summed E-state index contributed by atoms with van der Waals surface area (Å²) < 4.78 is 3.06. The number of rotatable bonds is 2. The zero-order valence-corrected chi connectivity index (χ0v) is 8.30. The van der Waals surface area contributed by atoms with Crippen molar-refractivity contribution in [3.05, 3.63) is 0 Å². The number of alkyl halides is 3. The third-order valence-corrected chi connectivity index (χ3v) is 2.45. The number of ether oxygens (including phenoxy) is 1. The fourth-order valence-corrected chi connectivity index (χ4v) is 0.432. The molecule has 0 saturated carbocycles. The minimum atomic E-state index is -1.51. The van der Waals surface area contributed by atoms with Gasteiger partial charge in [-0.05, 0) is 13.8 Å². The number of nitrogens with two attached hydrogens (primary N) is 1. The van der Waals surface area contributed by atoms with E-state index in [0.717, 1.165) is 0 Å². The molecule has 0 aromatic rings. The number of primary amides is 1. The molecule has 0 heterocycles. The zero-order chi connectivity index (χ0) is 9.28. The quantitative estimate of drug-likeness (QED) is 0.726. The van der Waals surface area contributed by atoms with Crippen LogP contribution >= 0.6 is 34.8 Å². The first-order valence-corrected chi connectivity index (χ1v) is 3.85. The van der Waals surface area contributed by atoms with Crippen LogP contribution in [-0.4, -0.2) is 15.5 Å². The molecule has 0 rings (SSSR count). The van der Waals surface area contributed by atoms with Gasteiger partial charge < -0.3 is 10.5 Å². The number of hydrogen-bond acceptors (Lipinski definition) is 2. The number of halogens is 3. The van der Waals surface area contributed by atoms with Crippen LogP contribution in [0.25, 0.3) is 0 Å². The minimum Gasteiger partial charge on any atom is -0.424 e. The van der Waals surface area contributed by atoms with Crippen molar-refractivity contribution in [3.63, 3.8) is 0 Å². The van der Waals surface area contributed by atoms with Gasteiger partial charge in [0, 0.05) is 0 Å². The average molecular weight is 220 g/mol. The highest BCUT2D eigenvalue weighted by atomic mass is 35.5. The SMILES string of the molecule is CC(Cl)(Cl)C(C)(Cl)OC(N)=O. The van der Waals surface area contributed by atoms with E-state index in [1.165, 1.54) is 13.8 Å². The molecule has 0 aromatic carbocycles. The van der Waals surface area contributed by atoms with Crippen molar-refractivity contribution in [2.75, 3.05) is 0 Å². The maximum Gasteiger partial charge on any atom is 0.406 e. The lowest BCUT2D eigenvalue weighted by atomic mass is 10.3. The van der Waals surface area contributed by atoms with Crippen LogP contribution in [-0.2, 0) is 4.74 Å². The molecule has 0 aliphatic heterocycles. The van der Waals surface area contributed by atoms with Gasteiger partial charge in [-0.1, -0.05) is 34.8 Å². The molecule has 0 bridgehead atoms. The predicted molar refractivity (Wildman–Crippen MR) is 45.0 cm³/mol. The van der Waals surface area contributed by atoms with Crippen molar-refractivity contribution in [1.82, 2.24) is 0 Å². The summed E-state index contributed by atoms with van der Waals surface area (Å²) in [6.07, 6.45) is -1.02. The lowest BCUT2D eigenvalue weighted by Gasteiger charge is -2.30. The van der Waals surface area contributed by atoms with Crippen molar-refractivity contribution >= 4 is 40.9 Å². The van der Waals surface area contributed by atoms with E-state index in [-0.39, 0.29) is 0 Å². The van der Waals surface area contributed by atoms with Gasteiger partial charge in [-0.2, -0.15) is 0 Å². The number of amides is 1. The van der Waals surface area contributed by atoms with Crippen molar-refractivity contribution in [1.29, 1.82) is 0 Å². The maximum absolute atomic E-state index is 10.3. The number of carbonyl (C=O) groups excluding carboxylic acids is 1. The summed E-state index contributed by atoms with van der Waals surface area (Å²) in [5.41, 5.74) is 4.71.